The van der Waals surface area contributed by atoms with Crippen molar-refractivity contribution in [1.82, 2.24) is 10.2 Å². The largest absolute Gasteiger partial charge is 0.497 e. The molecule has 0 aliphatic rings. The van der Waals surface area contributed by atoms with E-state index >= 15 is 0 Å². The summed E-state index contributed by atoms with van der Waals surface area (Å²) >= 11 is 12.8. The summed E-state index contributed by atoms with van der Waals surface area (Å²) in [6, 6.07) is 16.7. The molecule has 0 spiro atoms. The molecule has 0 saturated carbocycles. The molecule has 0 fully saturated rings. The minimum absolute atomic E-state index is 0.0223. The molecule has 41 heavy (non-hydrogen) atoms. The molecule has 0 heterocycles. The number of hydrogen-bond acceptors (Lipinski definition) is 5. The molecular formula is C30H35Cl2N3O5S. The Morgan fingerprint density at radius 3 is 2.02 bits per heavy atom. The predicted octanol–water partition coefficient (Wildman–Crippen LogP) is 5.84. The number of ether oxygens (including phenoxy) is 1. The number of methoxy groups -OCH3 is 1. The highest BCUT2D eigenvalue weighted by atomic mass is 35.5. The molecule has 3 aromatic carbocycles. The Morgan fingerprint density at radius 1 is 0.951 bits per heavy atom. The van der Waals surface area contributed by atoms with Gasteiger partial charge in [0.1, 0.15) is 18.3 Å². The summed E-state index contributed by atoms with van der Waals surface area (Å²) in [7, 11) is -2.72. The second kappa shape index (κ2) is 13.1. The van der Waals surface area contributed by atoms with Gasteiger partial charge in [-0.25, -0.2) is 8.42 Å². The Balaban J connectivity index is 2.07. The van der Waals surface area contributed by atoms with Crippen LogP contribution in [0.3, 0.4) is 0 Å². The standard InChI is InChI=1S/C30H35Cl2N3O5S/c1-20-10-12-22(13-11-20)35(41(38,39)24-16-14-23(40-6)15-17-24)19-28(36)34(21(2)29(37)33-30(3,4)5)18-25-26(31)8-7-9-27(25)32/h7-17,21H,18-19H2,1-6H3,(H,33,37). The summed E-state index contributed by atoms with van der Waals surface area (Å²) < 4.78 is 34.1. The summed E-state index contributed by atoms with van der Waals surface area (Å²) in [5, 5.41) is 3.52. The van der Waals surface area contributed by atoms with Gasteiger partial charge in [-0.1, -0.05) is 47.0 Å². The Hall–Kier alpha value is -3.27. The zero-order chi connectivity index (χ0) is 30.5. The van der Waals surface area contributed by atoms with Gasteiger partial charge in [0, 0.05) is 27.7 Å². The monoisotopic (exact) mass is 619 g/mol. The maximum Gasteiger partial charge on any atom is 0.264 e. The van der Waals surface area contributed by atoms with E-state index in [0.717, 1.165) is 9.87 Å². The van der Waals surface area contributed by atoms with Crippen LogP contribution in [0.15, 0.2) is 71.6 Å². The minimum atomic E-state index is -4.21. The van der Waals surface area contributed by atoms with E-state index in [2.05, 4.69) is 5.32 Å². The average molecular weight is 621 g/mol. The second-order valence-electron chi connectivity index (χ2n) is 10.7. The Bertz CT molecular complexity index is 1470. The van der Waals surface area contributed by atoms with E-state index in [1.807, 2.05) is 27.7 Å². The van der Waals surface area contributed by atoms with E-state index < -0.39 is 40.0 Å². The first-order valence-electron chi connectivity index (χ1n) is 12.9. The third-order valence-corrected chi connectivity index (χ3v) is 8.80. The summed E-state index contributed by atoms with van der Waals surface area (Å²) in [5.74, 6) is -0.535. The van der Waals surface area contributed by atoms with Gasteiger partial charge < -0.3 is 15.0 Å². The lowest BCUT2D eigenvalue weighted by molar-refractivity contribution is -0.140. The van der Waals surface area contributed by atoms with Gasteiger partial charge in [0.15, 0.2) is 0 Å². The van der Waals surface area contributed by atoms with E-state index in [-0.39, 0.29) is 11.4 Å². The molecule has 3 rings (SSSR count). The predicted molar refractivity (Wildman–Crippen MR) is 163 cm³/mol. The molecule has 220 valence electrons. The number of carbonyl (C=O) groups is 2. The van der Waals surface area contributed by atoms with Crippen LogP contribution >= 0.6 is 23.2 Å². The fourth-order valence-electron chi connectivity index (χ4n) is 4.03. The maximum atomic E-state index is 14.0. The van der Waals surface area contributed by atoms with Crippen LogP contribution in [0.4, 0.5) is 5.69 Å². The van der Waals surface area contributed by atoms with Crippen molar-refractivity contribution in [2.45, 2.75) is 57.6 Å². The van der Waals surface area contributed by atoms with Crippen LogP contribution in [0.1, 0.15) is 38.8 Å². The summed E-state index contributed by atoms with van der Waals surface area (Å²) in [4.78, 5) is 28.5. The fourth-order valence-corrected chi connectivity index (χ4v) is 5.96. The van der Waals surface area contributed by atoms with E-state index in [1.165, 1.54) is 36.3 Å². The number of anilines is 1. The highest BCUT2D eigenvalue weighted by Gasteiger charge is 2.34. The maximum absolute atomic E-state index is 14.0. The third-order valence-electron chi connectivity index (χ3n) is 6.30. The van der Waals surface area contributed by atoms with Crippen LogP contribution in [0.5, 0.6) is 5.75 Å². The number of halogens is 2. The molecular weight excluding hydrogens is 585 g/mol. The Kier molecular flexibility index (Phi) is 10.3. The number of carbonyl (C=O) groups excluding carboxylic acids is 2. The topological polar surface area (TPSA) is 96.0 Å². The lowest BCUT2D eigenvalue weighted by Gasteiger charge is -2.34. The van der Waals surface area contributed by atoms with Gasteiger partial charge in [0.2, 0.25) is 11.8 Å². The first-order chi connectivity index (χ1) is 19.1. The van der Waals surface area contributed by atoms with Gasteiger partial charge >= 0.3 is 0 Å². The van der Waals surface area contributed by atoms with Crippen molar-refractivity contribution >= 4 is 50.7 Å². The smallest absolute Gasteiger partial charge is 0.264 e. The molecule has 11 heteroatoms. The molecule has 0 bridgehead atoms. The molecule has 3 aromatic rings. The first-order valence-corrected chi connectivity index (χ1v) is 15.1. The molecule has 8 nitrogen and oxygen atoms in total. The molecule has 1 N–H and O–H groups in total. The van der Waals surface area contributed by atoms with E-state index in [1.54, 1.807) is 49.4 Å². The van der Waals surface area contributed by atoms with Gasteiger partial charge in [-0.3, -0.25) is 13.9 Å². The molecule has 1 atom stereocenters. The van der Waals surface area contributed by atoms with Gasteiger partial charge in [-0.05, 0) is 83.1 Å². The van der Waals surface area contributed by atoms with E-state index in [0.29, 0.717) is 27.0 Å². The van der Waals surface area contributed by atoms with Gasteiger partial charge in [-0.15, -0.1) is 0 Å². The molecule has 1 unspecified atom stereocenters. The van der Waals surface area contributed by atoms with Crippen molar-refractivity contribution < 1.29 is 22.7 Å². The number of aryl methyl sites for hydroxylation is 1. The van der Waals surface area contributed by atoms with Gasteiger partial charge in [-0.2, -0.15) is 0 Å². The average Bonchev–Trinajstić information content (AvgIpc) is 2.90. The number of nitrogens with one attached hydrogen (secondary N) is 1. The number of nitrogens with zero attached hydrogens (tertiary/aromatic N) is 2. The van der Waals surface area contributed by atoms with Crippen LogP contribution in [0.2, 0.25) is 10.0 Å². The van der Waals surface area contributed by atoms with Crippen LogP contribution < -0.4 is 14.4 Å². The van der Waals surface area contributed by atoms with Crippen LogP contribution in [-0.2, 0) is 26.2 Å². The molecule has 0 aromatic heterocycles. The molecule has 2 amide bonds. The van der Waals surface area contributed by atoms with E-state index in [4.69, 9.17) is 27.9 Å². The van der Waals surface area contributed by atoms with Crippen molar-refractivity contribution in [2.75, 3.05) is 18.0 Å². The number of benzene rings is 3. The lowest BCUT2D eigenvalue weighted by atomic mass is 10.1. The number of amides is 2. The first kappa shape index (κ1) is 32.2. The summed E-state index contributed by atoms with van der Waals surface area (Å²) in [5.41, 5.74) is 1.10. The second-order valence-corrected chi connectivity index (χ2v) is 13.3. The van der Waals surface area contributed by atoms with Gasteiger partial charge in [0.05, 0.1) is 17.7 Å². The van der Waals surface area contributed by atoms with E-state index in [9.17, 15) is 18.0 Å². The van der Waals surface area contributed by atoms with Crippen molar-refractivity contribution in [3.63, 3.8) is 0 Å². The highest BCUT2D eigenvalue weighted by Crippen LogP contribution is 2.29. The van der Waals surface area contributed by atoms with Crippen LogP contribution in [-0.4, -0.2) is 50.4 Å². The molecule has 0 saturated heterocycles. The number of sulfonamides is 1. The zero-order valence-corrected chi connectivity index (χ0v) is 26.3. The van der Waals surface area contributed by atoms with Crippen LogP contribution in [0.25, 0.3) is 0 Å². The van der Waals surface area contributed by atoms with Crippen LogP contribution in [0, 0.1) is 6.92 Å². The Morgan fingerprint density at radius 2 is 1.51 bits per heavy atom. The molecule has 0 aliphatic heterocycles. The van der Waals surface area contributed by atoms with Crippen molar-refractivity contribution in [2.24, 2.45) is 0 Å². The molecule has 0 aliphatic carbocycles. The zero-order valence-electron chi connectivity index (χ0n) is 23.9. The SMILES string of the molecule is COc1ccc(S(=O)(=O)N(CC(=O)N(Cc2c(Cl)cccc2Cl)C(C)C(=O)NC(C)(C)C)c2ccc(C)cc2)cc1. The fraction of sp³-hybridized carbons (Fsp3) is 0.333. The van der Waals surface area contributed by atoms with Crippen molar-refractivity contribution in [1.29, 1.82) is 0 Å². The van der Waals surface area contributed by atoms with Gasteiger partial charge in [0.25, 0.3) is 10.0 Å². The van der Waals surface area contributed by atoms with Crippen molar-refractivity contribution in [3.8, 4) is 5.75 Å². The third kappa shape index (κ3) is 8.15. The minimum Gasteiger partial charge on any atom is -0.497 e. The van der Waals surface area contributed by atoms with Crippen molar-refractivity contribution in [3.05, 3.63) is 87.9 Å². The number of rotatable bonds is 10. The highest BCUT2D eigenvalue weighted by molar-refractivity contribution is 7.92. The quantitative estimate of drug-likeness (QED) is 0.308. The normalized spacial score (nSPS) is 12.4. The summed E-state index contributed by atoms with van der Waals surface area (Å²) in [6.07, 6.45) is 0. The summed E-state index contributed by atoms with van der Waals surface area (Å²) in [6.45, 7) is 8.26. The Labute approximate surface area is 252 Å². The number of hydrogen-bond donors (Lipinski definition) is 1. The molecule has 0 radical (unpaired) electrons. The lowest BCUT2D eigenvalue weighted by Crippen LogP contribution is -2.54.